The summed E-state index contributed by atoms with van der Waals surface area (Å²) < 4.78 is 0. The molecule has 2 aromatic heterocycles. The first-order valence-electron chi connectivity index (χ1n) is 5.39. The first kappa shape index (κ1) is 9.99. The molecule has 0 fully saturated rings. The van der Waals surface area contributed by atoms with Gasteiger partial charge in [-0.15, -0.1) is 0 Å². The topological polar surface area (TPSA) is 61.8 Å². The van der Waals surface area contributed by atoms with Crippen LogP contribution < -0.4 is 0 Å². The molecule has 0 radical (unpaired) electrons. The molecule has 2 heterocycles. The predicted molar refractivity (Wildman–Crippen MR) is 65.2 cm³/mol. The Morgan fingerprint density at radius 3 is 2.82 bits per heavy atom. The quantitative estimate of drug-likeness (QED) is 0.702. The van der Waals surface area contributed by atoms with Gasteiger partial charge in [-0.2, -0.15) is 5.10 Å². The number of pyridine rings is 1. The largest absolute Gasteiger partial charge is 0.390 e. The summed E-state index contributed by atoms with van der Waals surface area (Å²) >= 11 is 0. The van der Waals surface area contributed by atoms with Crippen molar-refractivity contribution >= 4 is 10.9 Å². The van der Waals surface area contributed by atoms with Crippen LogP contribution >= 0.6 is 0 Å². The molecule has 0 amide bonds. The lowest BCUT2D eigenvalue weighted by Crippen LogP contribution is -1.91. The smallest absolute Gasteiger partial charge is 0.118 e. The molecule has 0 saturated heterocycles. The number of rotatable bonds is 2. The van der Waals surface area contributed by atoms with E-state index in [0.717, 1.165) is 22.3 Å². The lowest BCUT2D eigenvalue weighted by atomic mass is 10.1. The number of nitrogens with one attached hydrogen (secondary N) is 1. The Hall–Kier alpha value is -2.20. The number of aromatic amines is 1. The van der Waals surface area contributed by atoms with Gasteiger partial charge in [0.15, 0.2) is 0 Å². The molecular formula is C13H11N3O. The van der Waals surface area contributed by atoms with E-state index in [4.69, 9.17) is 5.11 Å². The second kappa shape index (κ2) is 3.99. The summed E-state index contributed by atoms with van der Waals surface area (Å²) in [6.45, 7) is -0.0593. The van der Waals surface area contributed by atoms with Crippen LogP contribution in [0.2, 0.25) is 0 Å². The van der Waals surface area contributed by atoms with Crippen LogP contribution in [-0.2, 0) is 6.61 Å². The SMILES string of the molecule is OCc1cccc(-c2n[nH]c3ccccc23)n1. The van der Waals surface area contributed by atoms with Crippen molar-refractivity contribution < 1.29 is 5.11 Å². The van der Waals surface area contributed by atoms with Crippen molar-refractivity contribution in [3.05, 3.63) is 48.2 Å². The molecule has 0 unspecified atom stereocenters. The second-order valence-electron chi connectivity index (χ2n) is 3.79. The fraction of sp³-hybridized carbons (Fsp3) is 0.0769. The van der Waals surface area contributed by atoms with E-state index in [-0.39, 0.29) is 6.61 Å². The Morgan fingerprint density at radius 1 is 1.06 bits per heavy atom. The number of H-pyrrole nitrogens is 1. The average molecular weight is 225 g/mol. The van der Waals surface area contributed by atoms with E-state index in [1.165, 1.54) is 0 Å². The maximum absolute atomic E-state index is 9.08. The van der Waals surface area contributed by atoms with Crippen LogP contribution in [0.3, 0.4) is 0 Å². The van der Waals surface area contributed by atoms with Gasteiger partial charge in [0, 0.05) is 5.39 Å². The lowest BCUT2D eigenvalue weighted by molar-refractivity contribution is 0.277. The second-order valence-corrected chi connectivity index (χ2v) is 3.79. The molecule has 0 saturated carbocycles. The summed E-state index contributed by atoms with van der Waals surface area (Å²) in [4.78, 5) is 4.35. The van der Waals surface area contributed by atoms with Crippen LogP contribution in [0.25, 0.3) is 22.3 Å². The standard InChI is InChI=1S/C13H11N3O/c17-8-9-4-3-7-12(14-9)13-10-5-1-2-6-11(10)15-16-13/h1-7,17H,8H2,(H,15,16). The number of aliphatic hydroxyl groups excluding tert-OH is 1. The van der Waals surface area contributed by atoms with Gasteiger partial charge in [-0.1, -0.05) is 24.3 Å². The number of hydrogen-bond donors (Lipinski definition) is 2. The van der Waals surface area contributed by atoms with E-state index < -0.39 is 0 Å². The summed E-state index contributed by atoms with van der Waals surface area (Å²) in [5.74, 6) is 0. The highest BCUT2D eigenvalue weighted by Gasteiger charge is 2.08. The first-order valence-corrected chi connectivity index (χ1v) is 5.39. The Labute approximate surface area is 97.9 Å². The first-order chi connectivity index (χ1) is 8.38. The van der Waals surface area contributed by atoms with Gasteiger partial charge in [-0.05, 0) is 18.2 Å². The van der Waals surface area contributed by atoms with Crippen LogP contribution in [0.4, 0.5) is 0 Å². The van der Waals surface area contributed by atoms with Gasteiger partial charge >= 0.3 is 0 Å². The Bertz CT molecular complexity index is 660. The molecule has 0 aliphatic carbocycles. The highest BCUT2D eigenvalue weighted by Crippen LogP contribution is 2.24. The molecule has 0 aliphatic rings. The van der Waals surface area contributed by atoms with E-state index in [9.17, 15) is 0 Å². The number of para-hydroxylation sites is 1. The lowest BCUT2D eigenvalue weighted by Gasteiger charge is -1.99. The number of fused-ring (bicyclic) bond motifs is 1. The van der Waals surface area contributed by atoms with Crippen molar-refractivity contribution in [1.29, 1.82) is 0 Å². The molecule has 0 aliphatic heterocycles. The van der Waals surface area contributed by atoms with Crippen molar-refractivity contribution in [1.82, 2.24) is 15.2 Å². The average Bonchev–Trinajstić information content (AvgIpc) is 2.82. The van der Waals surface area contributed by atoms with Crippen molar-refractivity contribution in [2.45, 2.75) is 6.61 Å². The highest BCUT2D eigenvalue weighted by molar-refractivity contribution is 5.91. The summed E-state index contributed by atoms with van der Waals surface area (Å²) in [5.41, 5.74) is 3.22. The molecule has 17 heavy (non-hydrogen) atoms. The van der Waals surface area contributed by atoms with Gasteiger partial charge in [0.1, 0.15) is 5.69 Å². The van der Waals surface area contributed by atoms with Crippen molar-refractivity contribution in [3.63, 3.8) is 0 Å². The van der Waals surface area contributed by atoms with Crippen LogP contribution in [0, 0.1) is 0 Å². The van der Waals surface area contributed by atoms with E-state index in [1.54, 1.807) is 6.07 Å². The van der Waals surface area contributed by atoms with Crippen molar-refractivity contribution in [2.75, 3.05) is 0 Å². The van der Waals surface area contributed by atoms with Gasteiger partial charge in [-0.25, -0.2) is 4.98 Å². The van der Waals surface area contributed by atoms with E-state index in [1.807, 2.05) is 36.4 Å². The Kier molecular flexibility index (Phi) is 2.34. The normalized spacial score (nSPS) is 10.9. The molecule has 84 valence electrons. The zero-order valence-electron chi connectivity index (χ0n) is 9.09. The van der Waals surface area contributed by atoms with Crippen LogP contribution in [0.5, 0.6) is 0 Å². The third-order valence-corrected chi connectivity index (χ3v) is 2.68. The zero-order chi connectivity index (χ0) is 11.7. The fourth-order valence-corrected chi connectivity index (χ4v) is 1.86. The van der Waals surface area contributed by atoms with E-state index in [2.05, 4.69) is 15.2 Å². The fourth-order valence-electron chi connectivity index (χ4n) is 1.86. The van der Waals surface area contributed by atoms with E-state index >= 15 is 0 Å². The molecule has 1 aromatic carbocycles. The minimum atomic E-state index is -0.0593. The minimum Gasteiger partial charge on any atom is -0.390 e. The Balaban J connectivity index is 2.20. The number of benzene rings is 1. The molecule has 2 N–H and O–H groups in total. The zero-order valence-corrected chi connectivity index (χ0v) is 9.09. The van der Waals surface area contributed by atoms with Gasteiger partial charge in [0.2, 0.25) is 0 Å². The van der Waals surface area contributed by atoms with Crippen LogP contribution in [0.15, 0.2) is 42.5 Å². The van der Waals surface area contributed by atoms with E-state index in [0.29, 0.717) is 5.69 Å². The predicted octanol–water partition coefficient (Wildman–Crippen LogP) is 2.12. The summed E-state index contributed by atoms with van der Waals surface area (Å²) in [5, 5.41) is 17.4. The highest BCUT2D eigenvalue weighted by atomic mass is 16.3. The van der Waals surface area contributed by atoms with Gasteiger partial charge in [-0.3, -0.25) is 5.10 Å². The number of nitrogens with zero attached hydrogens (tertiary/aromatic N) is 2. The molecule has 4 heteroatoms. The molecule has 3 rings (SSSR count). The summed E-state index contributed by atoms with van der Waals surface area (Å²) in [7, 11) is 0. The summed E-state index contributed by atoms with van der Waals surface area (Å²) in [6, 6.07) is 13.5. The third-order valence-electron chi connectivity index (χ3n) is 2.68. The van der Waals surface area contributed by atoms with Gasteiger partial charge in [0.25, 0.3) is 0 Å². The molecule has 4 nitrogen and oxygen atoms in total. The Morgan fingerprint density at radius 2 is 1.94 bits per heavy atom. The van der Waals surface area contributed by atoms with Gasteiger partial charge < -0.3 is 5.11 Å². The van der Waals surface area contributed by atoms with Gasteiger partial charge in [0.05, 0.1) is 23.5 Å². The third kappa shape index (κ3) is 1.68. The maximum Gasteiger partial charge on any atom is 0.118 e. The minimum absolute atomic E-state index is 0.0593. The molecular weight excluding hydrogens is 214 g/mol. The maximum atomic E-state index is 9.08. The molecule has 0 atom stereocenters. The van der Waals surface area contributed by atoms with Crippen molar-refractivity contribution in [2.24, 2.45) is 0 Å². The molecule has 0 bridgehead atoms. The monoisotopic (exact) mass is 225 g/mol. The number of aromatic nitrogens is 3. The number of aliphatic hydroxyl groups is 1. The molecule has 0 spiro atoms. The molecule has 3 aromatic rings. The summed E-state index contributed by atoms with van der Waals surface area (Å²) in [6.07, 6.45) is 0. The van der Waals surface area contributed by atoms with Crippen molar-refractivity contribution in [3.8, 4) is 11.4 Å². The number of hydrogen-bond acceptors (Lipinski definition) is 3. The van der Waals surface area contributed by atoms with Crippen LogP contribution in [0.1, 0.15) is 5.69 Å². The van der Waals surface area contributed by atoms with Crippen LogP contribution in [-0.4, -0.2) is 20.3 Å².